The average molecular weight is 333 g/mol. The lowest BCUT2D eigenvalue weighted by molar-refractivity contribution is 0.240. The number of carbonyl (C=O) groups is 1. The quantitative estimate of drug-likeness (QED) is 0.359. The van der Waals surface area contributed by atoms with Crippen molar-refractivity contribution in [2.24, 2.45) is 4.99 Å². The number of hydrogen-bond donors (Lipinski definition) is 0. The maximum absolute atomic E-state index is 9.83. The monoisotopic (exact) mass is 332 g/mol. The first-order chi connectivity index (χ1) is 11.0. The summed E-state index contributed by atoms with van der Waals surface area (Å²) in [5.74, 6) is 0. The van der Waals surface area contributed by atoms with Gasteiger partial charge in [0, 0.05) is 21.1 Å². The Balaban J connectivity index is 0.000000407. The van der Waals surface area contributed by atoms with Crippen molar-refractivity contribution in [3.63, 3.8) is 0 Å². The Kier molecular flexibility index (Phi) is 11.9. The predicted molar refractivity (Wildman–Crippen MR) is 94.7 cm³/mol. The van der Waals surface area contributed by atoms with Crippen molar-refractivity contribution in [1.29, 1.82) is 0 Å². The molecule has 0 fully saturated rings. The maximum Gasteiger partial charge on any atom is 0.315 e. The van der Waals surface area contributed by atoms with Crippen LogP contribution in [-0.2, 0) is 11.2 Å². The largest absolute Gasteiger partial charge is 0.335 e. The van der Waals surface area contributed by atoms with E-state index in [1.807, 2.05) is 0 Å². The van der Waals surface area contributed by atoms with Crippen LogP contribution in [0.1, 0.15) is 11.1 Å². The third-order valence-electron chi connectivity index (χ3n) is 2.54. The Morgan fingerprint density at radius 2 is 1.30 bits per heavy atom. The molecule has 0 spiro atoms. The van der Waals surface area contributed by atoms with Crippen molar-refractivity contribution in [3.05, 3.63) is 71.8 Å². The first-order valence-electron chi connectivity index (χ1n) is 6.91. The Hall–Kier alpha value is -2.42. The highest BCUT2D eigenvalue weighted by Crippen LogP contribution is 2.07. The molecule has 2 aromatic rings. The Labute approximate surface area is 142 Å². The molecule has 0 bridgehead atoms. The predicted octanol–water partition coefficient (Wildman–Crippen LogP) is 4.14. The molecule has 0 aliphatic carbocycles. The Morgan fingerprint density at radius 1 is 1.00 bits per heavy atom. The number of halogens is 1. The molecule has 0 radical (unpaired) electrons. The summed E-state index contributed by atoms with van der Waals surface area (Å²) in [6.07, 6.45) is 2.34. The molecular formula is C18H21ClN2O2. The van der Waals surface area contributed by atoms with Crippen molar-refractivity contribution in [3.8, 4) is 0 Å². The number of isocyanates is 1. The van der Waals surface area contributed by atoms with E-state index in [4.69, 9.17) is 16.4 Å². The number of benzene rings is 2. The number of nitrogens with zero attached hydrogens (tertiary/aromatic N) is 2. The molecule has 1 amide bonds. The molecule has 0 atom stereocenters. The summed E-state index contributed by atoms with van der Waals surface area (Å²) in [5, 5.41) is -0.435. The summed E-state index contributed by atoms with van der Waals surface area (Å²) in [7, 11) is 4.57. The summed E-state index contributed by atoms with van der Waals surface area (Å²) >= 11 is 4.90. The van der Waals surface area contributed by atoms with Crippen LogP contribution in [0.4, 0.5) is 4.79 Å². The van der Waals surface area contributed by atoms with E-state index >= 15 is 0 Å². The topological polar surface area (TPSA) is 49.7 Å². The average Bonchev–Trinajstić information content (AvgIpc) is 2.57. The zero-order valence-corrected chi connectivity index (χ0v) is 14.3. The van der Waals surface area contributed by atoms with Gasteiger partial charge in [0.05, 0.1) is 0 Å². The van der Waals surface area contributed by atoms with Crippen LogP contribution in [0.3, 0.4) is 0 Å². The van der Waals surface area contributed by atoms with E-state index in [0.717, 1.165) is 6.42 Å². The molecule has 0 saturated heterocycles. The van der Waals surface area contributed by atoms with Gasteiger partial charge in [0.2, 0.25) is 6.08 Å². The molecule has 2 rings (SSSR count). The molecular weight excluding hydrogens is 312 g/mol. The molecule has 122 valence electrons. The van der Waals surface area contributed by atoms with Crippen LogP contribution in [0.25, 0.3) is 0 Å². The van der Waals surface area contributed by atoms with Crippen LogP contribution < -0.4 is 0 Å². The molecule has 23 heavy (non-hydrogen) atoms. The highest BCUT2D eigenvalue weighted by Gasteiger charge is 1.92. The van der Waals surface area contributed by atoms with Crippen molar-refractivity contribution in [2.45, 2.75) is 6.42 Å². The molecule has 0 unspecified atom stereocenters. The zero-order valence-electron chi connectivity index (χ0n) is 13.6. The number of hydrogen-bond acceptors (Lipinski definition) is 3. The Morgan fingerprint density at radius 3 is 1.52 bits per heavy atom. The van der Waals surface area contributed by atoms with Gasteiger partial charge in [-0.2, -0.15) is 0 Å². The van der Waals surface area contributed by atoms with Gasteiger partial charge < -0.3 is 4.90 Å². The molecule has 0 N–H and O–H groups in total. The molecule has 0 heterocycles. The van der Waals surface area contributed by atoms with Crippen LogP contribution >= 0.6 is 11.6 Å². The number of amides is 1. The van der Waals surface area contributed by atoms with Crippen LogP contribution in [0.5, 0.6) is 0 Å². The normalized spacial score (nSPS) is 8.35. The van der Waals surface area contributed by atoms with Crippen LogP contribution in [0.15, 0.2) is 65.7 Å². The number of carbonyl (C=O) groups excluding carboxylic acids is 2. The van der Waals surface area contributed by atoms with Crippen molar-refractivity contribution < 1.29 is 9.59 Å². The highest BCUT2D eigenvalue weighted by atomic mass is 35.5. The van der Waals surface area contributed by atoms with Gasteiger partial charge in [0.1, 0.15) is 0 Å². The van der Waals surface area contributed by atoms with Crippen molar-refractivity contribution >= 4 is 23.0 Å². The first kappa shape index (κ1) is 20.6. The molecule has 0 aliphatic rings. The molecule has 0 aliphatic heterocycles. The summed E-state index contributed by atoms with van der Waals surface area (Å²) < 4.78 is 0. The number of aliphatic imine (C=N–C) groups is 1. The SMILES string of the molecule is CN(C)C(=O)Cl.CN=C=O.c1ccc(Cc2ccccc2)cc1. The standard InChI is InChI=1S/C13H12.C3H6ClNO.C2H3NO/c1-3-7-12(8-4-1)11-13-9-5-2-6-10-13;1-5(2)3(4)6;1-3-2-4/h1-10H,11H2;1-2H3;1H3. The van der Waals surface area contributed by atoms with Crippen LogP contribution in [-0.4, -0.2) is 37.5 Å². The van der Waals surface area contributed by atoms with Gasteiger partial charge in [-0.15, -0.1) is 0 Å². The molecule has 4 nitrogen and oxygen atoms in total. The van der Waals surface area contributed by atoms with Gasteiger partial charge in [0.15, 0.2) is 0 Å². The van der Waals surface area contributed by atoms with Gasteiger partial charge >= 0.3 is 5.37 Å². The third kappa shape index (κ3) is 11.9. The Bertz CT molecular complexity index is 557. The second kappa shape index (κ2) is 13.3. The fourth-order valence-electron chi connectivity index (χ4n) is 1.43. The van der Waals surface area contributed by atoms with Gasteiger partial charge in [-0.1, -0.05) is 60.7 Å². The summed E-state index contributed by atoms with van der Waals surface area (Å²) in [6.45, 7) is 0. The van der Waals surface area contributed by atoms with E-state index in [1.54, 1.807) is 14.1 Å². The van der Waals surface area contributed by atoms with Crippen molar-refractivity contribution in [2.75, 3.05) is 21.1 Å². The van der Waals surface area contributed by atoms with Gasteiger partial charge in [-0.3, -0.25) is 4.79 Å². The van der Waals surface area contributed by atoms with E-state index < -0.39 is 5.37 Å². The second-order valence-electron chi connectivity index (χ2n) is 4.61. The lowest BCUT2D eigenvalue weighted by Gasteiger charge is -2.00. The van der Waals surface area contributed by atoms with Gasteiger partial charge in [-0.05, 0) is 29.1 Å². The fourth-order valence-corrected chi connectivity index (χ4v) is 1.43. The summed E-state index contributed by atoms with van der Waals surface area (Å²) in [6, 6.07) is 21.1. The van der Waals surface area contributed by atoms with Crippen LogP contribution in [0, 0.1) is 0 Å². The second-order valence-corrected chi connectivity index (χ2v) is 4.93. The molecule has 5 heteroatoms. The van der Waals surface area contributed by atoms with E-state index in [9.17, 15) is 4.79 Å². The smallest absolute Gasteiger partial charge is 0.315 e. The zero-order chi connectivity index (χ0) is 17.5. The van der Waals surface area contributed by atoms with Gasteiger partial charge in [-0.25, -0.2) is 9.79 Å². The van der Waals surface area contributed by atoms with E-state index in [2.05, 4.69) is 65.7 Å². The summed E-state index contributed by atoms with van der Waals surface area (Å²) in [4.78, 5) is 22.9. The van der Waals surface area contributed by atoms with Gasteiger partial charge in [0.25, 0.3) is 0 Å². The lowest BCUT2D eigenvalue weighted by atomic mass is 10.1. The maximum atomic E-state index is 9.83. The van der Waals surface area contributed by atoms with E-state index in [0.29, 0.717) is 0 Å². The number of rotatable bonds is 2. The summed E-state index contributed by atoms with van der Waals surface area (Å²) in [5.41, 5.74) is 2.74. The minimum Gasteiger partial charge on any atom is -0.335 e. The van der Waals surface area contributed by atoms with E-state index in [1.165, 1.54) is 29.2 Å². The first-order valence-corrected chi connectivity index (χ1v) is 7.29. The molecule has 0 aromatic heterocycles. The minimum absolute atomic E-state index is 0.435. The highest BCUT2D eigenvalue weighted by molar-refractivity contribution is 6.62. The molecule has 2 aromatic carbocycles. The molecule has 0 saturated carbocycles. The lowest BCUT2D eigenvalue weighted by Crippen LogP contribution is -2.13. The third-order valence-corrected chi connectivity index (χ3v) is 2.87. The fraction of sp³-hybridized carbons (Fsp3) is 0.222. The minimum atomic E-state index is -0.435. The van der Waals surface area contributed by atoms with Crippen LogP contribution in [0.2, 0.25) is 0 Å². The van der Waals surface area contributed by atoms with Crippen molar-refractivity contribution in [1.82, 2.24) is 4.90 Å². The van der Waals surface area contributed by atoms with E-state index in [-0.39, 0.29) is 0 Å².